The fourth-order valence-electron chi connectivity index (χ4n) is 3.86. The Bertz CT molecular complexity index is 1120. The smallest absolute Gasteiger partial charge is 0.272 e. The first-order valence-electron chi connectivity index (χ1n) is 9.37. The van der Waals surface area contributed by atoms with Crippen LogP contribution in [0.5, 0.6) is 0 Å². The van der Waals surface area contributed by atoms with Gasteiger partial charge in [-0.1, -0.05) is 91.0 Å². The van der Waals surface area contributed by atoms with Gasteiger partial charge < -0.3 is 5.32 Å². The number of aromatic nitrogens is 2. The Morgan fingerprint density at radius 1 is 0.821 bits per heavy atom. The van der Waals surface area contributed by atoms with E-state index in [-0.39, 0.29) is 11.9 Å². The van der Waals surface area contributed by atoms with Crippen LogP contribution in [-0.2, 0) is 6.54 Å². The lowest BCUT2D eigenvalue weighted by molar-refractivity contribution is 0.0954. The van der Waals surface area contributed by atoms with Crippen molar-refractivity contribution in [2.24, 2.45) is 0 Å². The van der Waals surface area contributed by atoms with Gasteiger partial charge in [0.2, 0.25) is 0 Å². The Morgan fingerprint density at radius 2 is 1.43 bits per heavy atom. The van der Waals surface area contributed by atoms with Crippen molar-refractivity contribution in [3.8, 4) is 11.3 Å². The van der Waals surface area contributed by atoms with E-state index in [4.69, 9.17) is 5.10 Å². The van der Waals surface area contributed by atoms with E-state index in [2.05, 4.69) is 29.6 Å². The largest absolute Gasteiger partial charge is 0.340 e. The molecule has 2 heterocycles. The van der Waals surface area contributed by atoms with Crippen LogP contribution in [0.25, 0.3) is 11.3 Å². The zero-order chi connectivity index (χ0) is 18.9. The highest BCUT2D eigenvalue weighted by Gasteiger charge is 2.37. The van der Waals surface area contributed by atoms with Gasteiger partial charge in [0, 0.05) is 11.1 Å². The number of amides is 1. The Kier molecular flexibility index (Phi) is 4.02. The SMILES string of the molecule is O=C1NC(c2ccccc2)c2c1nn(Cc1ccccc1)c2-c1ccccc1. The molecule has 0 bridgehead atoms. The minimum atomic E-state index is -0.191. The van der Waals surface area contributed by atoms with Crippen LogP contribution in [0.15, 0.2) is 91.0 Å². The molecule has 136 valence electrons. The molecule has 1 aliphatic rings. The summed E-state index contributed by atoms with van der Waals surface area (Å²) in [5.41, 5.74) is 5.74. The lowest BCUT2D eigenvalue weighted by atomic mass is 9.96. The van der Waals surface area contributed by atoms with E-state index in [1.807, 2.05) is 71.4 Å². The third-order valence-corrected chi connectivity index (χ3v) is 5.12. The predicted molar refractivity (Wildman–Crippen MR) is 109 cm³/mol. The maximum absolute atomic E-state index is 12.7. The molecule has 1 aliphatic heterocycles. The summed E-state index contributed by atoms with van der Waals surface area (Å²) in [5, 5.41) is 7.83. The number of nitrogens with one attached hydrogen (secondary N) is 1. The number of rotatable bonds is 4. The van der Waals surface area contributed by atoms with Crippen LogP contribution in [0.2, 0.25) is 0 Å². The Balaban J connectivity index is 1.70. The fourth-order valence-corrected chi connectivity index (χ4v) is 3.86. The number of hydrogen-bond donors (Lipinski definition) is 1. The van der Waals surface area contributed by atoms with E-state index in [0.717, 1.165) is 27.9 Å². The predicted octanol–water partition coefficient (Wildman–Crippen LogP) is 4.43. The fraction of sp³-hybridized carbons (Fsp3) is 0.0833. The van der Waals surface area contributed by atoms with Gasteiger partial charge in [0.1, 0.15) is 0 Å². The molecule has 4 aromatic rings. The summed E-state index contributed by atoms with van der Waals surface area (Å²) in [6, 6.07) is 30.3. The van der Waals surface area contributed by atoms with Gasteiger partial charge in [0.05, 0.1) is 18.3 Å². The molecule has 0 saturated carbocycles. The first-order valence-corrected chi connectivity index (χ1v) is 9.37. The molecule has 0 radical (unpaired) electrons. The topological polar surface area (TPSA) is 46.9 Å². The molecule has 4 heteroatoms. The number of fused-ring (bicyclic) bond motifs is 1. The van der Waals surface area contributed by atoms with Crippen LogP contribution in [0.3, 0.4) is 0 Å². The first-order chi connectivity index (χ1) is 13.8. The third-order valence-electron chi connectivity index (χ3n) is 5.12. The maximum atomic E-state index is 12.7. The second-order valence-electron chi connectivity index (χ2n) is 6.94. The minimum absolute atomic E-state index is 0.118. The van der Waals surface area contributed by atoms with E-state index >= 15 is 0 Å². The van der Waals surface area contributed by atoms with Gasteiger partial charge >= 0.3 is 0 Å². The number of nitrogens with zero attached hydrogens (tertiary/aromatic N) is 2. The summed E-state index contributed by atoms with van der Waals surface area (Å²) in [6.45, 7) is 0.618. The van der Waals surface area contributed by atoms with Gasteiger partial charge in [-0.3, -0.25) is 9.48 Å². The van der Waals surface area contributed by atoms with Crippen LogP contribution >= 0.6 is 0 Å². The summed E-state index contributed by atoms with van der Waals surface area (Å²) in [7, 11) is 0. The van der Waals surface area contributed by atoms with Gasteiger partial charge in [-0.2, -0.15) is 5.10 Å². The lowest BCUT2D eigenvalue weighted by Crippen LogP contribution is -2.22. The van der Waals surface area contributed by atoms with E-state index in [1.165, 1.54) is 0 Å². The Morgan fingerprint density at radius 3 is 2.11 bits per heavy atom. The molecule has 28 heavy (non-hydrogen) atoms. The summed E-state index contributed by atoms with van der Waals surface area (Å²) < 4.78 is 1.96. The third kappa shape index (κ3) is 2.79. The number of carbonyl (C=O) groups is 1. The maximum Gasteiger partial charge on any atom is 0.272 e. The summed E-state index contributed by atoms with van der Waals surface area (Å²) in [6.07, 6.45) is 0. The lowest BCUT2D eigenvalue weighted by Gasteiger charge is -2.16. The van der Waals surface area contributed by atoms with Gasteiger partial charge in [0.25, 0.3) is 5.91 Å². The van der Waals surface area contributed by atoms with Crippen molar-refractivity contribution in [3.63, 3.8) is 0 Å². The standard InChI is InChI=1S/C24H19N3O/c28-24-22-20(21(25-24)18-12-6-2-7-13-18)23(19-14-8-3-9-15-19)27(26-22)16-17-10-4-1-5-11-17/h1-15,21H,16H2,(H,25,28). The highest BCUT2D eigenvalue weighted by Crippen LogP contribution is 2.38. The zero-order valence-electron chi connectivity index (χ0n) is 15.2. The van der Waals surface area contributed by atoms with Crippen LogP contribution in [-0.4, -0.2) is 15.7 Å². The Labute approximate surface area is 163 Å². The molecule has 0 saturated heterocycles. The molecule has 1 aromatic heterocycles. The second kappa shape index (κ2) is 6.82. The van der Waals surface area contributed by atoms with Crippen LogP contribution < -0.4 is 5.32 Å². The van der Waals surface area contributed by atoms with Gasteiger partial charge in [0.15, 0.2) is 5.69 Å². The molecule has 1 amide bonds. The molecule has 5 rings (SSSR count). The van der Waals surface area contributed by atoms with Crippen molar-refractivity contribution in [1.29, 1.82) is 0 Å². The average molecular weight is 365 g/mol. The molecular formula is C24H19N3O. The van der Waals surface area contributed by atoms with E-state index in [9.17, 15) is 4.79 Å². The summed E-state index contributed by atoms with van der Waals surface area (Å²) >= 11 is 0. The molecule has 1 atom stereocenters. The van der Waals surface area contributed by atoms with Crippen molar-refractivity contribution in [2.75, 3.05) is 0 Å². The average Bonchev–Trinajstić information content (AvgIpc) is 3.27. The van der Waals surface area contributed by atoms with Crippen molar-refractivity contribution < 1.29 is 4.79 Å². The number of carbonyl (C=O) groups excluding carboxylic acids is 1. The normalized spacial score (nSPS) is 15.3. The van der Waals surface area contributed by atoms with Crippen molar-refractivity contribution in [2.45, 2.75) is 12.6 Å². The molecule has 1 unspecified atom stereocenters. The molecule has 0 fully saturated rings. The molecule has 0 spiro atoms. The Hall–Kier alpha value is -3.66. The van der Waals surface area contributed by atoms with Crippen LogP contribution in [0.4, 0.5) is 0 Å². The van der Waals surface area contributed by atoms with Crippen molar-refractivity contribution in [3.05, 3.63) is 113 Å². The molecule has 1 N–H and O–H groups in total. The van der Waals surface area contributed by atoms with Crippen LogP contribution in [0, 0.1) is 0 Å². The van der Waals surface area contributed by atoms with E-state index < -0.39 is 0 Å². The second-order valence-corrected chi connectivity index (χ2v) is 6.94. The molecule has 3 aromatic carbocycles. The molecule has 4 nitrogen and oxygen atoms in total. The zero-order valence-corrected chi connectivity index (χ0v) is 15.2. The molecule has 0 aliphatic carbocycles. The number of benzene rings is 3. The quantitative estimate of drug-likeness (QED) is 0.581. The van der Waals surface area contributed by atoms with Gasteiger partial charge in [-0.25, -0.2) is 0 Å². The summed E-state index contributed by atoms with van der Waals surface area (Å²) in [4.78, 5) is 12.7. The van der Waals surface area contributed by atoms with Gasteiger partial charge in [-0.15, -0.1) is 0 Å². The van der Waals surface area contributed by atoms with Gasteiger partial charge in [-0.05, 0) is 11.1 Å². The van der Waals surface area contributed by atoms with Crippen molar-refractivity contribution in [1.82, 2.24) is 15.1 Å². The van der Waals surface area contributed by atoms with E-state index in [1.54, 1.807) is 0 Å². The monoisotopic (exact) mass is 365 g/mol. The minimum Gasteiger partial charge on any atom is -0.340 e. The van der Waals surface area contributed by atoms with Crippen molar-refractivity contribution >= 4 is 5.91 Å². The number of hydrogen-bond acceptors (Lipinski definition) is 2. The summed E-state index contributed by atoms with van der Waals surface area (Å²) in [5.74, 6) is -0.118. The van der Waals surface area contributed by atoms with Crippen LogP contribution in [0.1, 0.15) is 33.2 Å². The molecular weight excluding hydrogens is 346 g/mol. The highest BCUT2D eigenvalue weighted by molar-refractivity contribution is 6.00. The van der Waals surface area contributed by atoms with E-state index in [0.29, 0.717) is 12.2 Å². The first kappa shape index (κ1) is 16.5. The highest BCUT2D eigenvalue weighted by atomic mass is 16.2.